The van der Waals surface area contributed by atoms with Crippen molar-refractivity contribution in [3.05, 3.63) is 65.7 Å². The van der Waals surface area contributed by atoms with E-state index in [1.807, 2.05) is 54.6 Å². The van der Waals surface area contributed by atoms with E-state index in [2.05, 4.69) is 0 Å². The zero-order valence-electron chi connectivity index (χ0n) is 10.6. The Morgan fingerprint density at radius 3 is 2.42 bits per heavy atom. The van der Waals surface area contributed by atoms with Gasteiger partial charge in [-0.2, -0.15) is 0 Å². The van der Waals surface area contributed by atoms with Gasteiger partial charge in [0, 0.05) is 11.3 Å². The van der Waals surface area contributed by atoms with Gasteiger partial charge >= 0.3 is 0 Å². The molecule has 0 bridgehead atoms. The number of para-hydroxylation sites is 1. The molecule has 0 radical (unpaired) electrons. The molecule has 1 aliphatic rings. The Bertz CT molecular complexity index is 622. The highest BCUT2D eigenvalue weighted by Gasteiger charge is 2.45. The minimum absolute atomic E-state index is 0.0563. The molecule has 3 rings (SSSR count). The number of alkyl halides is 1. The Labute approximate surface area is 117 Å². The number of benzene rings is 2. The molecule has 0 spiro atoms. The molecule has 1 atom stereocenters. The highest BCUT2D eigenvalue weighted by atomic mass is 35.5. The summed E-state index contributed by atoms with van der Waals surface area (Å²) >= 11 is 6.42. The molecular weight excluding hydrogens is 258 g/mol. The molecule has 2 aromatic carbocycles. The number of carbonyl (C=O) groups excluding carboxylic acids is 1. The van der Waals surface area contributed by atoms with E-state index < -0.39 is 4.87 Å². The van der Waals surface area contributed by atoms with Crippen LogP contribution in [0, 0.1) is 0 Å². The monoisotopic (exact) mass is 271 g/mol. The van der Waals surface area contributed by atoms with Crippen LogP contribution in [0.5, 0.6) is 0 Å². The smallest absolute Gasteiger partial charge is 0.252 e. The normalized spacial score (nSPS) is 21.6. The lowest BCUT2D eigenvalue weighted by Crippen LogP contribution is -2.34. The van der Waals surface area contributed by atoms with E-state index in [9.17, 15) is 4.79 Å². The van der Waals surface area contributed by atoms with Gasteiger partial charge in [0.1, 0.15) is 4.87 Å². The predicted molar refractivity (Wildman–Crippen MR) is 77.3 cm³/mol. The summed E-state index contributed by atoms with van der Waals surface area (Å²) in [5.74, 6) is -0.0563. The molecule has 0 fully saturated rings. The van der Waals surface area contributed by atoms with E-state index in [0.29, 0.717) is 6.54 Å². The van der Waals surface area contributed by atoms with Gasteiger partial charge in [0.25, 0.3) is 5.91 Å². The standard InChI is InChI=1S/C16H14ClNO/c1-16(17)13-9-5-6-10-14(13)18(15(16)19)11-12-7-3-2-4-8-12/h2-10H,11H2,1H3. The predicted octanol–water partition coefficient (Wildman–Crippen LogP) is 3.69. The van der Waals surface area contributed by atoms with Crippen molar-refractivity contribution in [3.63, 3.8) is 0 Å². The Balaban J connectivity index is 2.02. The Kier molecular flexibility index (Phi) is 2.83. The fraction of sp³-hybridized carbons (Fsp3) is 0.188. The molecule has 0 saturated heterocycles. The fourth-order valence-corrected chi connectivity index (χ4v) is 2.77. The Morgan fingerprint density at radius 2 is 1.68 bits per heavy atom. The highest BCUT2D eigenvalue weighted by Crippen LogP contribution is 2.44. The van der Waals surface area contributed by atoms with Crippen LogP contribution in [0.25, 0.3) is 0 Å². The van der Waals surface area contributed by atoms with Crippen molar-refractivity contribution < 1.29 is 4.79 Å². The van der Waals surface area contributed by atoms with E-state index in [4.69, 9.17) is 11.6 Å². The highest BCUT2D eigenvalue weighted by molar-refractivity contribution is 6.39. The van der Waals surface area contributed by atoms with Crippen LogP contribution in [-0.2, 0) is 16.2 Å². The van der Waals surface area contributed by atoms with Gasteiger partial charge in [-0.25, -0.2) is 0 Å². The molecule has 0 aromatic heterocycles. The van der Waals surface area contributed by atoms with Crippen molar-refractivity contribution in [2.75, 3.05) is 4.90 Å². The molecule has 0 aliphatic carbocycles. The van der Waals surface area contributed by atoms with Crippen molar-refractivity contribution in [2.45, 2.75) is 18.3 Å². The first-order valence-electron chi connectivity index (χ1n) is 6.25. The van der Waals surface area contributed by atoms with Crippen LogP contribution >= 0.6 is 11.6 Å². The van der Waals surface area contributed by atoms with Crippen LogP contribution in [-0.4, -0.2) is 5.91 Å². The molecule has 3 heteroatoms. The average molecular weight is 272 g/mol. The average Bonchev–Trinajstić information content (AvgIpc) is 2.62. The summed E-state index contributed by atoms with van der Waals surface area (Å²) in [4.78, 5) is 13.3. The minimum atomic E-state index is -0.953. The molecule has 96 valence electrons. The van der Waals surface area contributed by atoms with Crippen LogP contribution in [0.4, 0.5) is 5.69 Å². The molecule has 1 heterocycles. The number of nitrogens with zero attached hydrogens (tertiary/aromatic N) is 1. The topological polar surface area (TPSA) is 20.3 Å². The first-order valence-corrected chi connectivity index (χ1v) is 6.63. The van der Waals surface area contributed by atoms with E-state index in [0.717, 1.165) is 16.8 Å². The van der Waals surface area contributed by atoms with Gasteiger partial charge in [0.15, 0.2) is 0 Å². The minimum Gasteiger partial charge on any atom is -0.306 e. The van der Waals surface area contributed by atoms with Crippen molar-refractivity contribution in [1.82, 2.24) is 0 Å². The number of halogens is 1. The summed E-state index contributed by atoms with van der Waals surface area (Å²) in [5, 5.41) is 0. The van der Waals surface area contributed by atoms with Gasteiger partial charge in [0.2, 0.25) is 0 Å². The lowest BCUT2D eigenvalue weighted by atomic mass is 10.0. The van der Waals surface area contributed by atoms with Gasteiger partial charge in [-0.1, -0.05) is 48.5 Å². The van der Waals surface area contributed by atoms with Gasteiger partial charge in [-0.15, -0.1) is 11.6 Å². The van der Waals surface area contributed by atoms with E-state index in [1.165, 1.54) is 0 Å². The summed E-state index contributed by atoms with van der Waals surface area (Å²) < 4.78 is 0. The molecule has 1 aliphatic heterocycles. The molecular formula is C16H14ClNO. The van der Waals surface area contributed by atoms with Gasteiger partial charge < -0.3 is 4.90 Å². The van der Waals surface area contributed by atoms with E-state index in [1.54, 1.807) is 11.8 Å². The lowest BCUT2D eigenvalue weighted by molar-refractivity contribution is -0.120. The summed E-state index contributed by atoms with van der Waals surface area (Å²) in [5.41, 5.74) is 2.89. The van der Waals surface area contributed by atoms with E-state index >= 15 is 0 Å². The maximum atomic E-state index is 12.5. The number of amides is 1. The maximum Gasteiger partial charge on any atom is 0.252 e. The van der Waals surface area contributed by atoms with Crippen molar-refractivity contribution in [2.24, 2.45) is 0 Å². The second kappa shape index (κ2) is 4.39. The third-order valence-corrected chi connectivity index (χ3v) is 3.90. The van der Waals surface area contributed by atoms with Crippen LogP contribution in [0.3, 0.4) is 0 Å². The van der Waals surface area contributed by atoms with Crippen molar-refractivity contribution >= 4 is 23.2 Å². The SMILES string of the molecule is CC1(Cl)C(=O)N(Cc2ccccc2)c2ccccc21. The summed E-state index contributed by atoms with van der Waals surface area (Å²) in [6.45, 7) is 2.32. The van der Waals surface area contributed by atoms with Crippen molar-refractivity contribution in [1.29, 1.82) is 0 Å². The van der Waals surface area contributed by atoms with Gasteiger partial charge in [-0.3, -0.25) is 4.79 Å². The number of fused-ring (bicyclic) bond motifs is 1. The number of hydrogen-bond donors (Lipinski definition) is 0. The first-order chi connectivity index (χ1) is 9.10. The van der Waals surface area contributed by atoms with Crippen LogP contribution in [0.15, 0.2) is 54.6 Å². The fourth-order valence-electron chi connectivity index (χ4n) is 2.51. The van der Waals surface area contributed by atoms with E-state index in [-0.39, 0.29) is 5.91 Å². The molecule has 2 aromatic rings. The number of rotatable bonds is 2. The summed E-state index contributed by atoms with van der Waals surface area (Å²) in [7, 11) is 0. The van der Waals surface area contributed by atoms with Gasteiger partial charge in [0.05, 0.1) is 6.54 Å². The Hall–Kier alpha value is -1.80. The molecule has 2 nitrogen and oxygen atoms in total. The second-order valence-corrected chi connectivity index (χ2v) is 5.65. The molecule has 19 heavy (non-hydrogen) atoms. The van der Waals surface area contributed by atoms with Crippen molar-refractivity contribution in [3.8, 4) is 0 Å². The van der Waals surface area contributed by atoms with Crippen LogP contribution in [0.1, 0.15) is 18.1 Å². The lowest BCUT2D eigenvalue weighted by Gasteiger charge is -2.19. The number of carbonyl (C=O) groups is 1. The van der Waals surface area contributed by atoms with Gasteiger partial charge in [-0.05, 0) is 18.6 Å². The Morgan fingerprint density at radius 1 is 1.05 bits per heavy atom. The second-order valence-electron chi connectivity index (χ2n) is 4.90. The largest absolute Gasteiger partial charge is 0.306 e. The zero-order valence-corrected chi connectivity index (χ0v) is 11.4. The summed E-state index contributed by atoms with van der Waals surface area (Å²) in [6, 6.07) is 17.7. The maximum absolute atomic E-state index is 12.5. The number of hydrogen-bond acceptors (Lipinski definition) is 1. The van der Waals surface area contributed by atoms with Crippen LogP contribution < -0.4 is 4.90 Å². The molecule has 1 amide bonds. The molecule has 1 unspecified atom stereocenters. The number of anilines is 1. The third kappa shape index (κ3) is 1.92. The quantitative estimate of drug-likeness (QED) is 0.763. The first kappa shape index (κ1) is 12.2. The summed E-state index contributed by atoms with van der Waals surface area (Å²) in [6.07, 6.45) is 0. The zero-order chi connectivity index (χ0) is 13.5. The molecule has 0 saturated carbocycles. The molecule has 0 N–H and O–H groups in total. The third-order valence-electron chi connectivity index (χ3n) is 3.53. The van der Waals surface area contributed by atoms with Crippen LogP contribution in [0.2, 0.25) is 0 Å².